The van der Waals surface area contributed by atoms with Crippen molar-refractivity contribution in [3.8, 4) is 5.75 Å². The molecule has 0 radical (unpaired) electrons. The number of ether oxygens (including phenoxy) is 1. The summed E-state index contributed by atoms with van der Waals surface area (Å²) in [5.41, 5.74) is 1.79. The van der Waals surface area contributed by atoms with E-state index in [4.69, 9.17) is 9.15 Å². The molecular formula is C24H23BrN2O4. The summed E-state index contributed by atoms with van der Waals surface area (Å²) in [6, 6.07) is 19.9. The molecule has 2 N–H and O–H groups in total. The van der Waals surface area contributed by atoms with Crippen LogP contribution in [0.1, 0.15) is 35.5 Å². The normalized spacial score (nSPS) is 11.3. The molecule has 0 spiro atoms. The maximum Gasteiger partial charge on any atom is 0.291 e. The van der Waals surface area contributed by atoms with E-state index in [2.05, 4.69) is 26.6 Å². The Labute approximate surface area is 189 Å². The van der Waals surface area contributed by atoms with E-state index in [0.29, 0.717) is 11.2 Å². The van der Waals surface area contributed by atoms with E-state index in [1.807, 2.05) is 68.4 Å². The molecule has 2 amide bonds. The zero-order valence-electron chi connectivity index (χ0n) is 17.2. The largest absolute Gasteiger partial charge is 0.491 e. The minimum absolute atomic E-state index is 0.0626. The van der Waals surface area contributed by atoms with Crippen molar-refractivity contribution in [1.82, 2.24) is 10.6 Å². The minimum Gasteiger partial charge on any atom is -0.491 e. The Kier molecular flexibility index (Phi) is 7.67. The fraction of sp³-hybridized carbons (Fsp3) is 0.167. The number of carbonyl (C=O) groups is 2. The van der Waals surface area contributed by atoms with Gasteiger partial charge in [-0.25, -0.2) is 0 Å². The summed E-state index contributed by atoms with van der Waals surface area (Å²) in [5.74, 6) is -0.113. The minimum atomic E-state index is -0.522. The molecule has 0 atom stereocenters. The summed E-state index contributed by atoms with van der Waals surface area (Å²) < 4.78 is 11.4. The van der Waals surface area contributed by atoms with Gasteiger partial charge in [0.15, 0.2) is 10.4 Å². The smallest absolute Gasteiger partial charge is 0.291 e. The van der Waals surface area contributed by atoms with Gasteiger partial charge in [-0.1, -0.05) is 42.5 Å². The molecule has 3 rings (SSSR count). The molecule has 0 bridgehead atoms. The van der Waals surface area contributed by atoms with Crippen molar-refractivity contribution in [1.29, 1.82) is 0 Å². The van der Waals surface area contributed by atoms with E-state index in [1.165, 1.54) is 6.07 Å². The molecule has 0 unspecified atom stereocenters. The van der Waals surface area contributed by atoms with Crippen LogP contribution in [-0.2, 0) is 11.3 Å². The van der Waals surface area contributed by atoms with Crippen LogP contribution in [0.5, 0.6) is 5.75 Å². The van der Waals surface area contributed by atoms with Crippen LogP contribution in [-0.4, -0.2) is 17.9 Å². The summed E-state index contributed by atoms with van der Waals surface area (Å²) in [7, 11) is 0. The van der Waals surface area contributed by atoms with Crippen molar-refractivity contribution in [3.63, 3.8) is 0 Å². The average Bonchev–Trinajstić information content (AvgIpc) is 3.19. The monoisotopic (exact) mass is 482 g/mol. The molecular weight excluding hydrogens is 460 g/mol. The van der Waals surface area contributed by atoms with Crippen LogP contribution in [0.15, 0.2) is 81.5 Å². The third kappa shape index (κ3) is 6.86. The first-order chi connectivity index (χ1) is 14.9. The lowest BCUT2D eigenvalue weighted by Crippen LogP contribution is -2.34. The zero-order chi connectivity index (χ0) is 22.2. The molecule has 0 saturated carbocycles. The van der Waals surface area contributed by atoms with Gasteiger partial charge in [0.1, 0.15) is 11.4 Å². The number of rotatable bonds is 8. The lowest BCUT2D eigenvalue weighted by atomic mass is 10.1. The van der Waals surface area contributed by atoms with Crippen LogP contribution >= 0.6 is 15.9 Å². The van der Waals surface area contributed by atoms with E-state index < -0.39 is 11.8 Å². The second-order valence-corrected chi connectivity index (χ2v) is 7.80. The van der Waals surface area contributed by atoms with Gasteiger partial charge in [0.05, 0.1) is 6.10 Å². The second kappa shape index (κ2) is 10.6. The van der Waals surface area contributed by atoms with E-state index in [1.54, 1.807) is 12.1 Å². The molecule has 0 aliphatic rings. The summed E-state index contributed by atoms with van der Waals surface area (Å²) in [6.45, 7) is 4.23. The molecule has 3 aromatic rings. The Morgan fingerprint density at radius 1 is 1.03 bits per heavy atom. The maximum absolute atomic E-state index is 12.8. The van der Waals surface area contributed by atoms with Crippen molar-refractivity contribution in [2.45, 2.75) is 26.5 Å². The standard InChI is InChI=1S/C24H23BrN2O4/c1-16(2)30-19-10-8-17(9-11-19)14-20(27-24(29)21-12-13-22(25)31-21)23(28)26-15-18-6-4-3-5-7-18/h3-14,16H,15H2,1-2H3,(H,26,28)(H,27,29)/b20-14+. The van der Waals surface area contributed by atoms with Crippen LogP contribution in [0.3, 0.4) is 0 Å². The predicted octanol–water partition coefficient (Wildman–Crippen LogP) is 4.92. The van der Waals surface area contributed by atoms with Crippen molar-refractivity contribution < 1.29 is 18.7 Å². The van der Waals surface area contributed by atoms with Crippen LogP contribution in [0.2, 0.25) is 0 Å². The Balaban J connectivity index is 1.79. The summed E-state index contributed by atoms with van der Waals surface area (Å²) in [6.07, 6.45) is 1.67. The molecule has 7 heteroatoms. The summed E-state index contributed by atoms with van der Waals surface area (Å²) in [5, 5.41) is 5.47. The Hall–Kier alpha value is -3.32. The number of nitrogens with one attached hydrogen (secondary N) is 2. The first kappa shape index (κ1) is 22.4. The lowest BCUT2D eigenvalue weighted by molar-refractivity contribution is -0.117. The highest BCUT2D eigenvalue weighted by Crippen LogP contribution is 2.17. The van der Waals surface area contributed by atoms with E-state index in [-0.39, 0.29) is 17.6 Å². The number of amides is 2. The molecule has 0 saturated heterocycles. The summed E-state index contributed by atoms with van der Waals surface area (Å²) >= 11 is 3.17. The van der Waals surface area contributed by atoms with Crippen molar-refractivity contribution in [2.24, 2.45) is 0 Å². The van der Waals surface area contributed by atoms with Gasteiger partial charge < -0.3 is 19.8 Å². The second-order valence-electron chi connectivity index (χ2n) is 7.02. The highest BCUT2D eigenvalue weighted by atomic mass is 79.9. The van der Waals surface area contributed by atoms with Gasteiger partial charge >= 0.3 is 0 Å². The van der Waals surface area contributed by atoms with Gasteiger partial charge in [0.2, 0.25) is 0 Å². The van der Waals surface area contributed by atoms with Gasteiger partial charge in [-0.2, -0.15) is 0 Å². The van der Waals surface area contributed by atoms with Gasteiger partial charge in [0, 0.05) is 6.54 Å². The number of hydrogen-bond acceptors (Lipinski definition) is 4. The zero-order valence-corrected chi connectivity index (χ0v) is 18.8. The summed E-state index contributed by atoms with van der Waals surface area (Å²) in [4.78, 5) is 25.4. The lowest BCUT2D eigenvalue weighted by Gasteiger charge is -2.12. The number of hydrogen-bond donors (Lipinski definition) is 2. The third-order valence-corrected chi connectivity index (χ3v) is 4.57. The molecule has 6 nitrogen and oxygen atoms in total. The Morgan fingerprint density at radius 3 is 2.35 bits per heavy atom. The van der Waals surface area contributed by atoms with Crippen LogP contribution in [0.25, 0.3) is 6.08 Å². The fourth-order valence-corrected chi connectivity index (χ4v) is 3.04. The van der Waals surface area contributed by atoms with Gasteiger partial charge in [-0.15, -0.1) is 0 Å². The van der Waals surface area contributed by atoms with Gasteiger partial charge in [0.25, 0.3) is 11.8 Å². The van der Waals surface area contributed by atoms with E-state index in [0.717, 1.165) is 16.9 Å². The molecule has 0 fully saturated rings. The van der Waals surface area contributed by atoms with Gasteiger partial charge in [-0.3, -0.25) is 9.59 Å². The fourth-order valence-electron chi connectivity index (χ4n) is 2.73. The quantitative estimate of drug-likeness (QED) is 0.446. The Bertz CT molecular complexity index is 1060. The van der Waals surface area contributed by atoms with Crippen LogP contribution in [0, 0.1) is 0 Å². The van der Waals surface area contributed by atoms with Crippen LogP contribution in [0.4, 0.5) is 0 Å². The predicted molar refractivity (Wildman–Crippen MR) is 122 cm³/mol. The molecule has 2 aromatic carbocycles. The van der Waals surface area contributed by atoms with Crippen molar-refractivity contribution in [3.05, 3.63) is 94.0 Å². The maximum atomic E-state index is 12.8. The molecule has 31 heavy (non-hydrogen) atoms. The van der Waals surface area contributed by atoms with E-state index >= 15 is 0 Å². The molecule has 160 valence electrons. The number of halogens is 1. The van der Waals surface area contributed by atoms with Crippen LogP contribution < -0.4 is 15.4 Å². The SMILES string of the molecule is CC(C)Oc1ccc(/C=C(/NC(=O)c2ccc(Br)o2)C(=O)NCc2ccccc2)cc1. The van der Waals surface area contributed by atoms with E-state index in [9.17, 15) is 9.59 Å². The molecule has 1 heterocycles. The molecule has 0 aliphatic heterocycles. The number of carbonyl (C=O) groups excluding carboxylic acids is 2. The highest BCUT2D eigenvalue weighted by Gasteiger charge is 2.17. The van der Waals surface area contributed by atoms with Crippen molar-refractivity contribution >= 4 is 33.8 Å². The first-order valence-electron chi connectivity index (χ1n) is 9.78. The highest BCUT2D eigenvalue weighted by molar-refractivity contribution is 9.10. The third-order valence-electron chi connectivity index (χ3n) is 4.15. The van der Waals surface area contributed by atoms with Crippen molar-refractivity contribution in [2.75, 3.05) is 0 Å². The van der Waals surface area contributed by atoms with Gasteiger partial charge in [-0.05, 0) is 71.2 Å². The molecule has 0 aliphatic carbocycles. The Morgan fingerprint density at radius 2 is 1.74 bits per heavy atom. The molecule has 1 aromatic heterocycles. The number of benzene rings is 2. The topological polar surface area (TPSA) is 80.6 Å². The number of furan rings is 1. The first-order valence-corrected chi connectivity index (χ1v) is 10.6. The average molecular weight is 483 g/mol.